The second-order valence-electron chi connectivity index (χ2n) is 4.97. The minimum Gasteiger partial charge on any atom is -0.541 e. The Morgan fingerprint density at radius 2 is 2.20 bits per heavy atom. The Hall–Kier alpha value is -1.88. The highest BCUT2D eigenvalue weighted by atomic mass is 28.3. The van der Waals surface area contributed by atoms with Crippen molar-refractivity contribution in [3.8, 4) is 5.75 Å². The van der Waals surface area contributed by atoms with Gasteiger partial charge in [-0.2, -0.15) is 5.10 Å². The molecule has 0 aliphatic heterocycles. The van der Waals surface area contributed by atoms with Crippen LogP contribution in [0.3, 0.4) is 0 Å². The lowest BCUT2D eigenvalue weighted by molar-refractivity contribution is 0.577. The third kappa shape index (κ3) is 3.80. The summed E-state index contributed by atoms with van der Waals surface area (Å²) in [6, 6.07) is 6.06. The normalized spacial score (nSPS) is 11.4. The molecule has 0 saturated heterocycles. The average Bonchev–Trinajstić information content (AvgIpc) is 2.79. The van der Waals surface area contributed by atoms with E-state index < -0.39 is 9.04 Å². The maximum atomic E-state index is 5.95. The van der Waals surface area contributed by atoms with Crippen molar-refractivity contribution in [1.29, 1.82) is 0 Å². The van der Waals surface area contributed by atoms with Crippen molar-refractivity contribution in [3.05, 3.63) is 41.7 Å². The van der Waals surface area contributed by atoms with Gasteiger partial charge in [0.15, 0.2) is 0 Å². The molecule has 0 amide bonds. The third-order valence-electron chi connectivity index (χ3n) is 2.81. The molecule has 4 nitrogen and oxygen atoms in total. The van der Waals surface area contributed by atoms with Gasteiger partial charge in [0.1, 0.15) is 11.4 Å². The lowest BCUT2D eigenvalue weighted by Gasteiger charge is -2.13. The van der Waals surface area contributed by atoms with Gasteiger partial charge in [0, 0.05) is 25.9 Å². The van der Waals surface area contributed by atoms with Crippen LogP contribution in [-0.4, -0.2) is 25.0 Å². The van der Waals surface area contributed by atoms with Gasteiger partial charge in [0.05, 0.1) is 6.20 Å². The fourth-order valence-corrected chi connectivity index (χ4v) is 2.58. The van der Waals surface area contributed by atoms with Crippen molar-refractivity contribution in [2.24, 2.45) is 12.0 Å². The topological polar surface area (TPSA) is 39.4 Å². The van der Waals surface area contributed by atoms with E-state index in [0.717, 1.165) is 29.0 Å². The summed E-state index contributed by atoms with van der Waals surface area (Å²) in [6.45, 7) is 6.31. The minimum absolute atomic E-state index is 0.775. The molecule has 1 radical (unpaired) electrons. The molecule has 5 heteroatoms. The van der Waals surface area contributed by atoms with E-state index in [1.807, 2.05) is 37.8 Å². The maximum Gasteiger partial charge on any atom is 0.274 e. The molecule has 1 heterocycles. The molecule has 0 aliphatic carbocycles. The summed E-state index contributed by atoms with van der Waals surface area (Å²) in [5.41, 5.74) is 3.19. The van der Waals surface area contributed by atoms with Crippen molar-refractivity contribution in [2.45, 2.75) is 26.4 Å². The molecule has 0 fully saturated rings. The number of nitrogens with zero attached hydrogens (tertiary/aromatic N) is 3. The fourth-order valence-electron chi connectivity index (χ4n) is 1.90. The molecule has 0 N–H and O–H groups in total. The maximum absolute atomic E-state index is 5.95. The van der Waals surface area contributed by atoms with Crippen LogP contribution in [0.2, 0.25) is 13.1 Å². The van der Waals surface area contributed by atoms with Crippen LogP contribution in [0, 0.1) is 6.92 Å². The van der Waals surface area contributed by atoms with E-state index in [1.165, 1.54) is 0 Å². The van der Waals surface area contributed by atoms with Crippen molar-refractivity contribution < 1.29 is 4.43 Å². The summed E-state index contributed by atoms with van der Waals surface area (Å²) in [6.07, 6.45) is 6.55. The average molecular weight is 286 g/mol. The van der Waals surface area contributed by atoms with E-state index in [-0.39, 0.29) is 0 Å². The van der Waals surface area contributed by atoms with Crippen LogP contribution in [0.1, 0.15) is 11.1 Å². The molecule has 0 aliphatic rings. The van der Waals surface area contributed by atoms with Crippen LogP contribution < -0.4 is 4.43 Å². The van der Waals surface area contributed by atoms with Crippen LogP contribution >= 0.6 is 0 Å². The molecule has 20 heavy (non-hydrogen) atoms. The van der Waals surface area contributed by atoms with E-state index in [9.17, 15) is 0 Å². The lowest BCUT2D eigenvalue weighted by Crippen LogP contribution is -2.12. The Bertz CT molecular complexity index is 605. The van der Waals surface area contributed by atoms with Gasteiger partial charge in [-0.05, 0) is 37.2 Å². The van der Waals surface area contributed by atoms with Gasteiger partial charge in [-0.1, -0.05) is 12.1 Å². The quantitative estimate of drug-likeness (QED) is 0.625. The number of aromatic nitrogens is 2. The summed E-state index contributed by atoms with van der Waals surface area (Å²) < 4.78 is 7.75. The van der Waals surface area contributed by atoms with E-state index in [2.05, 4.69) is 36.2 Å². The highest BCUT2D eigenvalue weighted by Crippen LogP contribution is 2.31. The van der Waals surface area contributed by atoms with Gasteiger partial charge in [0.25, 0.3) is 9.04 Å². The number of para-hydroxylation sites is 1. The first-order valence-electron chi connectivity index (χ1n) is 6.64. The lowest BCUT2D eigenvalue weighted by atomic mass is 10.2. The molecule has 1 aromatic heterocycles. The molecule has 0 saturated carbocycles. The smallest absolute Gasteiger partial charge is 0.274 e. The predicted octanol–water partition coefficient (Wildman–Crippen LogP) is 3.30. The monoisotopic (exact) mass is 286 g/mol. The zero-order chi connectivity index (χ0) is 14.5. The zero-order valence-corrected chi connectivity index (χ0v) is 13.4. The summed E-state index contributed by atoms with van der Waals surface area (Å²) >= 11 is 0. The highest BCUT2D eigenvalue weighted by molar-refractivity contribution is 6.49. The van der Waals surface area contributed by atoms with Crippen LogP contribution in [0.4, 0.5) is 5.69 Å². The first kappa shape index (κ1) is 14.5. The highest BCUT2D eigenvalue weighted by Gasteiger charge is 2.08. The van der Waals surface area contributed by atoms with E-state index in [0.29, 0.717) is 0 Å². The van der Waals surface area contributed by atoms with Crippen molar-refractivity contribution in [1.82, 2.24) is 9.78 Å². The van der Waals surface area contributed by atoms with Gasteiger partial charge in [-0.15, -0.1) is 0 Å². The number of rotatable bonds is 5. The van der Waals surface area contributed by atoms with Gasteiger partial charge >= 0.3 is 0 Å². The molecule has 0 unspecified atom stereocenters. The van der Waals surface area contributed by atoms with Crippen LogP contribution in [0.5, 0.6) is 5.75 Å². The second kappa shape index (κ2) is 6.52. The molecule has 0 atom stereocenters. The van der Waals surface area contributed by atoms with Crippen LogP contribution in [0.25, 0.3) is 0 Å². The first-order chi connectivity index (χ1) is 9.56. The van der Waals surface area contributed by atoms with Crippen molar-refractivity contribution in [2.75, 3.05) is 0 Å². The molecule has 1 aromatic carbocycles. The number of benzene rings is 1. The molecule has 0 bridgehead atoms. The summed E-state index contributed by atoms with van der Waals surface area (Å²) in [4.78, 5) is 4.55. The SMILES string of the molecule is Cc1cccc(N=CCc2cnn(C)c2)c1O[Si](C)C. The Kier molecular flexibility index (Phi) is 4.73. The zero-order valence-electron chi connectivity index (χ0n) is 12.4. The first-order valence-corrected chi connectivity index (χ1v) is 9.05. The minimum atomic E-state index is -0.791. The Morgan fingerprint density at radius 1 is 1.40 bits per heavy atom. The Morgan fingerprint density at radius 3 is 2.85 bits per heavy atom. The fraction of sp³-hybridized carbons (Fsp3) is 0.333. The number of aryl methyl sites for hydroxylation is 2. The summed E-state index contributed by atoms with van der Waals surface area (Å²) in [7, 11) is 1.12. The van der Waals surface area contributed by atoms with Crippen molar-refractivity contribution >= 4 is 20.9 Å². The molecule has 2 rings (SSSR count). The van der Waals surface area contributed by atoms with E-state index in [4.69, 9.17) is 4.43 Å². The Balaban J connectivity index is 2.14. The van der Waals surface area contributed by atoms with Crippen LogP contribution in [-0.2, 0) is 13.5 Å². The van der Waals surface area contributed by atoms with Gasteiger partial charge in [-0.3, -0.25) is 9.67 Å². The molecular formula is C15H20N3OSi. The standard InChI is InChI=1S/C15H20N3OSi/c1-12-6-5-7-14(15(12)19-20(3)4)16-9-8-13-10-17-18(2)11-13/h5-7,9-11H,8H2,1-4H3. The van der Waals surface area contributed by atoms with E-state index in [1.54, 1.807) is 4.68 Å². The van der Waals surface area contributed by atoms with Gasteiger partial charge in [0.2, 0.25) is 0 Å². The molecule has 0 spiro atoms. The predicted molar refractivity (Wildman–Crippen MR) is 84.4 cm³/mol. The van der Waals surface area contributed by atoms with Crippen molar-refractivity contribution in [3.63, 3.8) is 0 Å². The summed E-state index contributed by atoms with van der Waals surface area (Å²) in [5.74, 6) is 0.911. The molecule has 105 valence electrons. The molecule has 2 aromatic rings. The largest absolute Gasteiger partial charge is 0.541 e. The second-order valence-corrected chi connectivity index (χ2v) is 6.99. The van der Waals surface area contributed by atoms with Crippen LogP contribution in [0.15, 0.2) is 35.6 Å². The number of hydrogen-bond acceptors (Lipinski definition) is 3. The van der Waals surface area contributed by atoms with Gasteiger partial charge < -0.3 is 4.43 Å². The van der Waals surface area contributed by atoms with Gasteiger partial charge in [-0.25, -0.2) is 0 Å². The number of hydrogen-bond donors (Lipinski definition) is 0. The third-order valence-corrected chi connectivity index (χ3v) is 3.43. The number of aliphatic imine (C=N–C) groups is 1. The van der Waals surface area contributed by atoms with E-state index >= 15 is 0 Å². The summed E-state index contributed by atoms with van der Waals surface area (Å²) in [5, 5.41) is 4.15. The Labute approximate surface area is 121 Å². The molecular weight excluding hydrogens is 266 g/mol.